The molecule has 1 aliphatic carbocycles. The molecule has 0 spiro atoms. The lowest BCUT2D eigenvalue weighted by atomic mass is 10.1. The van der Waals surface area contributed by atoms with Gasteiger partial charge >= 0.3 is 5.97 Å². The van der Waals surface area contributed by atoms with Gasteiger partial charge in [-0.05, 0) is 13.0 Å². The molecule has 0 aliphatic heterocycles. The van der Waals surface area contributed by atoms with Crippen LogP contribution in [0.1, 0.15) is 18.9 Å². The van der Waals surface area contributed by atoms with E-state index < -0.39 is 64.5 Å². The molecule has 0 aromatic heterocycles. The first-order valence-corrected chi connectivity index (χ1v) is 6.94. The van der Waals surface area contributed by atoms with Crippen LogP contribution in [0.15, 0.2) is 16.6 Å². The van der Waals surface area contributed by atoms with Gasteiger partial charge in [0.2, 0.25) is 0 Å². The first-order valence-electron chi connectivity index (χ1n) is 6.94. The highest BCUT2D eigenvalue weighted by molar-refractivity contribution is 6.15. The number of benzene rings is 1. The smallest absolute Gasteiger partial charge is 0.343 e. The number of hydrogen-bond acceptors (Lipinski definition) is 4. The topological polar surface area (TPSA) is 58.9 Å². The standard InChI is InChI=1S/C15H11F6NO3/c1-2-25-14(24)7(5-22-9-4-15(9,20)21)13(23)6-3-8(16)11(18)12(19)10(6)17/h3,5,9,23H,2,4H2,1H3. The Morgan fingerprint density at radius 1 is 1.32 bits per heavy atom. The SMILES string of the molecule is CCOC(=O)C(C=NC1CC1(F)F)=C(O)c1cc(F)c(F)c(F)c1F. The largest absolute Gasteiger partial charge is 0.506 e. The monoisotopic (exact) mass is 367 g/mol. The van der Waals surface area contributed by atoms with Crippen LogP contribution in [-0.4, -0.2) is 35.9 Å². The van der Waals surface area contributed by atoms with E-state index in [9.17, 15) is 36.2 Å². The van der Waals surface area contributed by atoms with Crippen molar-refractivity contribution in [2.24, 2.45) is 4.99 Å². The molecule has 1 fully saturated rings. The lowest BCUT2D eigenvalue weighted by Gasteiger charge is -2.09. The summed E-state index contributed by atoms with van der Waals surface area (Å²) in [6, 6.07) is -1.33. The summed E-state index contributed by atoms with van der Waals surface area (Å²) >= 11 is 0. The van der Waals surface area contributed by atoms with Crippen LogP contribution in [0, 0.1) is 23.3 Å². The van der Waals surface area contributed by atoms with Crippen molar-refractivity contribution in [3.8, 4) is 0 Å². The zero-order chi connectivity index (χ0) is 18.9. The van der Waals surface area contributed by atoms with E-state index in [4.69, 9.17) is 0 Å². The number of carbonyl (C=O) groups is 1. The normalized spacial score (nSPS) is 19.7. The summed E-state index contributed by atoms with van der Waals surface area (Å²) in [7, 11) is 0. The molecule has 136 valence electrons. The van der Waals surface area contributed by atoms with Crippen LogP contribution in [0.3, 0.4) is 0 Å². The minimum absolute atomic E-state index is 0.113. The number of halogens is 6. The van der Waals surface area contributed by atoms with E-state index in [-0.39, 0.29) is 12.7 Å². The van der Waals surface area contributed by atoms with E-state index >= 15 is 0 Å². The molecule has 1 aromatic carbocycles. The molecule has 1 atom stereocenters. The van der Waals surface area contributed by atoms with E-state index in [0.717, 1.165) is 0 Å². The molecule has 1 aromatic rings. The zero-order valence-electron chi connectivity index (χ0n) is 12.6. The Hall–Kier alpha value is -2.52. The van der Waals surface area contributed by atoms with Crippen LogP contribution < -0.4 is 0 Å². The Morgan fingerprint density at radius 3 is 2.44 bits per heavy atom. The summed E-state index contributed by atoms with van der Waals surface area (Å²) in [6.45, 7) is 1.19. The summed E-state index contributed by atoms with van der Waals surface area (Å²) in [5.41, 5.74) is -2.10. The molecular weight excluding hydrogens is 356 g/mol. The fraction of sp³-hybridized carbons (Fsp3) is 0.333. The lowest BCUT2D eigenvalue weighted by Crippen LogP contribution is -2.13. The second kappa shape index (κ2) is 6.77. The summed E-state index contributed by atoms with van der Waals surface area (Å²) in [5.74, 6) is -13.8. The maximum atomic E-state index is 13.7. The highest BCUT2D eigenvalue weighted by Gasteiger charge is 2.57. The average Bonchev–Trinajstić information content (AvgIpc) is 3.16. The van der Waals surface area contributed by atoms with Gasteiger partial charge in [-0.2, -0.15) is 0 Å². The highest BCUT2D eigenvalue weighted by atomic mass is 19.3. The zero-order valence-corrected chi connectivity index (χ0v) is 12.6. The first kappa shape index (κ1) is 18.8. The number of aliphatic hydroxyl groups is 1. The van der Waals surface area contributed by atoms with Crippen LogP contribution in [0.2, 0.25) is 0 Å². The minimum atomic E-state index is -3.08. The molecule has 4 nitrogen and oxygen atoms in total. The fourth-order valence-electron chi connectivity index (χ4n) is 1.83. The molecule has 0 bridgehead atoms. The summed E-state index contributed by atoms with van der Waals surface area (Å²) in [4.78, 5) is 15.2. The molecule has 25 heavy (non-hydrogen) atoms. The number of rotatable bonds is 5. The highest BCUT2D eigenvalue weighted by Crippen LogP contribution is 2.44. The predicted molar refractivity (Wildman–Crippen MR) is 74.3 cm³/mol. The van der Waals surface area contributed by atoms with Crippen molar-refractivity contribution in [2.75, 3.05) is 6.61 Å². The van der Waals surface area contributed by atoms with E-state index in [1.165, 1.54) is 6.92 Å². The Morgan fingerprint density at radius 2 is 1.92 bits per heavy atom. The second-order valence-corrected chi connectivity index (χ2v) is 5.09. The maximum Gasteiger partial charge on any atom is 0.343 e. The van der Waals surface area contributed by atoms with E-state index in [1.54, 1.807) is 0 Å². The molecule has 0 radical (unpaired) electrons. The summed E-state index contributed by atoms with van der Waals surface area (Å²) < 4.78 is 83.5. The molecule has 1 unspecified atom stereocenters. The fourth-order valence-corrected chi connectivity index (χ4v) is 1.83. The number of aliphatic hydroxyl groups excluding tert-OH is 1. The molecular formula is C15H11F6NO3. The van der Waals surface area contributed by atoms with Crippen LogP contribution in [-0.2, 0) is 9.53 Å². The van der Waals surface area contributed by atoms with Gasteiger partial charge < -0.3 is 9.84 Å². The summed E-state index contributed by atoms with van der Waals surface area (Å²) in [5, 5.41) is 9.97. The third-order valence-electron chi connectivity index (χ3n) is 3.28. The van der Waals surface area contributed by atoms with Crippen molar-refractivity contribution in [1.29, 1.82) is 0 Å². The van der Waals surface area contributed by atoms with Crippen molar-refractivity contribution < 1.29 is 41.0 Å². The van der Waals surface area contributed by atoms with Crippen molar-refractivity contribution >= 4 is 17.9 Å². The van der Waals surface area contributed by atoms with Gasteiger partial charge in [-0.25, -0.2) is 31.1 Å². The van der Waals surface area contributed by atoms with Gasteiger partial charge in [0.05, 0.1) is 12.2 Å². The Kier molecular flexibility index (Phi) is 5.09. The van der Waals surface area contributed by atoms with Gasteiger partial charge in [0.15, 0.2) is 23.3 Å². The molecule has 1 N–H and O–H groups in total. The van der Waals surface area contributed by atoms with Gasteiger partial charge in [-0.15, -0.1) is 0 Å². The Bertz CT molecular complexity index is 775. The number of nitrogens with zero attached hydrogens (tertiary/aromatic N) is 1. The third-order valence-corrected chi connectivity index (χ3v) is 3.28. The number of esters is 1. The van der Waals surface area contributed by atoms with E-state index in [1.807, 2.05) is 0 Å². The van der Waals surface area contributed by atoms with E-state index in [0.29, 0.717) is 6.21 Å². The summed E-state index contributed by atoms with van der Waals surface area (Å²) in [6.07, 6.45) is -0.0912. The van der Waals surface area contributed by atoms with Gasteiger partial charge in [-0.3, -0.25) is 4.99 Å². The predicted octanol–water partition coefficient (Wildman–Crippen LogP) is 3.55. The molecule has 1 saturated carbocycles. The van der Waals surface area contributed by atoms with Gasteiger partial charge in [0.25, 0.3) is 5.92 Å². The number of hydrogen-bond donors (Lipinski definition) is 1. The number of ether oxygens (including phenoxy) is 1. The molecule has 0 amide bonds. The first-order chi connectivity index (χ1) is 11.6. The van der Waals surface area contributed by atoms with Crippen molar-refractivity contribution in [3.63, 3.8) is 0 Å². The number of aliphatic imine (C=N–C) groups is 1. The van der Waals surface area contributed by atoms with Crippen molar-refractivity contribution in [1.82, 2.24) is 0 Å². The average molecular weight is 367 g/mol. The van der Waals surface area contributed by atoms with Crippen LogP contribution >= 0.6 is 0 Å². The molecule has 2 rings (SSSR count). The Balaban J connectivity index is 2.52. The van der Waals surface area contributed by atoms with E-state index in [2.05, 4.69) is 9.73 Å². The lowest BCUT2D eigenvalue weighted by molar-refractivity contribution is -0.137. The second-order valence-electron chi connectivity index (χ2n) is 5.09. The maximum absolute atomic E-state index is 13.7. The third kappa shape index (κ3) is 3.77. The molecule has 10 heteroatoms. The van der Waals surface area contributed by atoms with Crippen molar-refractivity contribution in [2.45, 2.75) is 25.3 Å². The van der Waals surface area contributed by atoms with Gasteiger partial charge in [0.1, 0.15) is 17.4 Å². The van der Waals surface area contributed by atoms with Crippen LogP contribution in [0.4, 0.5) is 26.3 Å². The minimum Gasteiger partial charge on any atom is -0.506 e. The van der Waals surface area contributed by atoms with Crippen LogP contribution in [0.5, 0.6) is 0 Å². The van der Waals surface area contributed by atoms with Gasteiger partial charge in [-0.1, -0.05) is 0 Å². The molecule has 0 heterocycles. The molecule has 0 saturated heterocycles. The Labute approximate surface area is 137 Å². The van der Waals surface area contributed by atoms with Crippen LogP contribution in [0.25, 0.3) is 5.76 Å². The molecule has 1 aliphatic rings. The number of carbonyl (C=O) groups excluding carboxylic acids is 1. The number of alkyl halides is 2. The quantitative estimate of drug-likeness (QED) is 0.165. The van der Waals surface area contributed by atoms with Gasteiger partial charge in [0, 0.05) is 12.6 Å². The van der Waals surface area contributed by atoms with Crippen molar-refractivity contribution in [3.05, 3.63) is 40.5 Å².